The van der Waals surface area contributed by atoms with Crippen LogP contribution in [0.2, 0.25) is 0 Å². The summed E-state index contributed by atoms with van der Waals surface area (Å²) in [5, 5.41) is 4.30. The van der Waals surface area contributed by atoms with E-state index in [4.69, 9.17) is 0 Å². The monoisotopic (exact) mass is 310 g/mol. The van der Waals surface area contributed by atoms with Gasteiger partial charge in [0.15, 0.2) is 6.29 Å². The molecule has 2 aromatic rings. The fourth-order valence-electron chi connectivity index (χ4n) is 2.46. The first-order chi connectivity index (χ1) is 10.4. The zero-order valence-electron chi connectivity index (χ0n) is 11.7. The number of carbonyl (C=O) groups is 1. The molecule has 0 N–H and O–H groups in total. The van der Waals surface area contributed by atoms with Crippen molar-refractivity contribution in [1.82, 2.24) is 9.78 Å². The minimum absolute atomic E-state index is 0.230. The number of halogens is 3. The molecule has 0 bridgehead atoms. The summed E-state index contributed by atoms with van der Waals surface area (Å²) in [6.07, 6.45) is -2.09. The van der Waals surface area contributed by atoms with Crippen molar-refractivity contribution in [2.75, 3.05) is 0 Å². The molecule has 1 saturated carbocycles. The molecule has 1 aromatic heterocycles. The Kier molecular flexibility index (Phi) is 3.42. The number of carbonyl (C=O) groups excluding carboxylic acids is 1. The molecule has 0 amide bonds. The molecule has 0 unspecified atom stereocenters. The van der Waals surface area contributed by atoms with Crippen LogP contribution in [0.4, 0.5) is 13.2 Å². The van der Waals surface area contributed by atoms with Gasteiger partial charge in [0.1, 0.15) is 5.75 Å². The quantitative estimate of drug-likeness (QED) is 0.807. The normalized spacial score (nSPS) is 14.9. The van der Waals surface area contributed by atoms with Gasteiger partial charge in [0.2, 0.25) is 0 Å². The highest BCUT2D eigenvalue weighted by atomic mass is 19.4. The second-order valence-electron chi connectivity index (χ2n) is 5.23. The van der Waals surface area contributed by atoms with E-state index in [9.17, 15) is 18.0 Å². The molecule has 0 atom stereocenters. The Bertz CT molecular complexity index is 718. The van der Waals surface area contributed by atoms with Crippen LogP contribution in [0.1, 0.15) is 40.5 Å². The SMILES string of the molecule is Cc1nn(-c2cccc(OC(F)(F)F)c2)c(C2CC2)c1C=O. The van der Waals surface area contributed by atoms with Crippen LogP contribution < -0.4 is 4.74 Å². The van der Waals surface area contributed by atoms with Crippen LogP contribution >= 0.6 is 0 Å². The molecule has 1 heterocycles. The molecule has 4 nitrogen and oxygen atoms in total. The van der Waals surface area contributed by atoms with Crippen molar-refractivity contribution in [3.05, 3.63) is 41.2 Å². The van der Waals surface area contributed by atoms with Crippen molar-refractivity contribution in [1.29, 1.82) is 0 Å². The van der Waals surface area contributed by atoms with E-state index in [1.165, 1.54) is 18.2 Å². The predicted molar refractivity (Wildman–Crippen MR) is 72.3 cm³/mol. The predicted octanol–water partition coefficient (Wildman–Crippen LogP) is 3.77. The van der Waals surface area contributed by atoms with Crippen molar-refractivity contribution >= 4 is 6.29 Å². The number of ether oxygens (including phenoxy) is 1. The van der Waals surface area contributed by atoms with E-state index < -0.39 is 6.36 Å². The first-order valence-corrected chi connectivity index (χ1v) is 6.80. The molecule has 1 aromatic carbocycles. The molecule has 3 rings (SSSR count). The molecule has 0 spiro atoms. The Morgan fingerprint density at radius 3 is 2.68 bits per heavy atom. The molecule has 1 fully saturated rings. The maximum atomic E-state index is 12.3. The van der Waals surface area contributed by atoms with Gasteiger partial charge in [-0.25, -0.2) is 4.68 Å². The van der Waals surface area contributed by atoms with Crippen LogP contribution in [0, 0.1) is 6.92 Å². The van der Waals surface area contributed by atoms with E-state index in [2.05, 4.69) is 9.84 Å². The Labute approximate surface area is 124 Å². The molecule has 22 heavy (non-hydrogen) atoms. The van der Waals surface area contributed by atoms with Gasteiger partial charge in [-0.1, -0.05) is 6.07 Å². The summed E-state index contributed by atoms with van der Waals surface area (Å²) in [6, 6.07) is 5.59. The first kappa shape index (κ1) is 14.6. The van der Waals surface area contributed by atoms with Crippen LogP contribution in [-0.4, -0.2) is 22.4 Å². The number of aromatic nitrogens is 2. The lowest BCUT2D eigenvalue weighted by Gasteiger charge is -2.11. The maximum Gasteiger partial charge on any atom is 0.573 e. The second-order valence-corrected chi connectivity index (χ2v) is 5.23. The summed E-state index contributed by atoms with van der Waals surface area (Å²) < 4.78 is 42.4. The fourth-order valence-corrected chi connectivity index (χ4v) is 2.46. The smallest absolute Gasteiger partial charge is 0.406 e. The Balaban J connectivity index is 2.04. The summed E-state index contributed by atoms with van der Waals surface area (Å²) in [5.41, 5.74) is 2.29. The van der Waals surface area contributed by atoms with E-state index in [1.807, 2.05) is 0 Å². The highest BCUT2D eigenvalue weighted by molar-refractivity contribution is 5.79. The van der Waals surface area contributed by atoms with Gasteiger partial charge in [0.25, 0.3) is 0 Å². The lowest BCUT2D eigenvalue weighted by molar-refractivity contribution is -0.274. The minimum Gasteiger partial charge on any atom is -0.406 e. The molecule has 1 aliphatic rings. The van der Waals surface area contributed by atoms with Gasteiger partial charge in [-0.15, -0.1) is 13.2 Å². The van der Waals surface area contributed by atoms with Gasteiger partial charge in [-0.3, -0.25) is 4.79 Å². The molecule has 0 aliphatic heterocycles. The number of aryl methyl sites for hydroxylation is 1. The summed E-state index contributed by atoms with van der Waals surface area (Å²) in [6.45, 7) is 1.71. The Morgan fingerprint density at radius 2 is 2.09 bits per heavy atom. The molecule has 0 saturated heterocycles. The summed E-state index contributed by atoms with van der Waals surface area (Å²) in [5.74, 6) is -0.0823. The van der Waals surface area contributed by atoms with Crippen LogP contribution in [-0.2, 0) is 0 Å². The van der Waals surface area contributed by atoms with Crippen molar-refractivity contribution in [2.24, 2.45) is 0 Å². The summed E-state index contributed by atoms with van der Waals surface area (Å²) in [4.78, 5) is 11.3. The summed E-state index contributed by atoms with van der Waals surface area (Å²) in [7, 11) is 0. The Morgan fingerprint density at radius 1 is 1.36 bits per heavy atom. The first-order valence-electron chi connectivity index (χ1n) is 6.80. The van der Waals surface area contributed by atoms with Gasteiger partial charge < -0.3 is 4.74 Å². The Hall–Kier alpha value is -2.31. The summed E-state index contributed by atoms with van der Waals surface area (Å²) >= 11 is 0. The largest absolute Gasteiger partial charge is 0.573 e. The van der Waals surface area contributed by atoms with Crippen molar-refractivity contribution < 1.29 is 22.7 Å². The molecular weight excluding hydrogens is 297 g/mol. The molecule has 7 heteroatoms. The molecule has 116 valence electrons. The van der Waals surface area contributed by atoms with Crippen LogP contribution in [0.25, 0.3) is 5.69 Å². The molecular formula is C15H13F3N2O2. The van der Waals surface area contributed by atoms with Crippen molar-refractivity contribution in [3.8, 4) is 11.4 Å². The van der Waals surface area contributed by atoms with E-state index >= 15 is 0 Å². The number of rotatable bonds is 4. The topological polar surface area (TPSA) is 44.1 Å². The minimum atomic E-state index is -4.74. The third-order valence-corrected chi connectivity index (χ3v) is 3.52. The molecule has 1 aliphatic carbocycles. The van der Waals surface area contributed by atoms with Gasteiger partial charge >= 0.3 is 6.36 Å². The number of nitrogens with zero attached hydrogens (tertiary/aromatic N) is 2. The number of hydrogen-bond donors (Lipinski definition) is 0. The number of alkyl halides is 3. The van der Waals surface area contributed by atoms with E-state index in [0.717, 1.165) is 24.8 Å². The lowest BCUT2D eigenvalue weighted by atomic mass is 10.1. The highest BCUT2D eigenvalue weighted by Gasteiger charge is 2.33. The third-order valence-electron chi connectivity index (χ3n) is 3.52. The average Bonchev–Trinajstić information content (AvgIpc) is 3.20. The van der Waals surface area contributed by atoms with Gasteiger partial charge in [0, 0.05) is 12.0 Å². The van der Waals surface area contributed by atoms with Crippen LogP contribution in [0.5, 0.6) is 5.75 Å². The number of aldehydes is 1. The van der Waals surface area contributed by atoms with Gasteiger partial charge in [-0.05, 0) is 31.9 Å². The number of benzene rings is 1. The molecule has 0 radical (unpaired) electrons. The zero-order valence-corrected chi connectivity index (χ0v) is 11.7. The van der Waals surface area contributed by atoms with E-state index in [-0.39, 0.29) is 11.7 Å². The van der Waals surface area contributed by atoms with Crippen molar-refractivity contribution in [2.45, 2.75) is 32.0 Å². The zero-order chi connectivity index (χ0) is 15.9. The van der Waals surface area contributed by atoms with Gasteiger partial charge in [-0.2, -0.15) is 5.10 Å². The third kappa shape index (κ3) is 2.84. The van der Waals surface area contributed by atoms with Crippen LogP contribution in [0.3, 0.4) is 0 Å². The van der Waals surface area contributed by atoms with E-state index in [0.29, 0.717) is 16.9 Å². The lowest BCUT2D eigenvalue weighted by Crippen LogP contribution is -2.17. The van der Waals surface area contributed by atoms with Gasteiger partial charge in [0.05, 0.1) is 22.6 Å². The average molecular weight is 310 g/mol. The second kappa shape index (κ2) is 5.15. The highest BCUT2D eigenvalue weighted by Crippen LogP contribution is 2.43. The number of hydrogen-bond acceptors (Lipinski definition) is 3. The standard InChI is InChI=1S/C15H13F3N2O2/c1-9-13(8-21)14(10-5-6-10)20(19-9)11-3-2-4-12(7-11)22-15(16,17)18/h2-4,7-8,10H,5-6H2,1H3. The maximum absolute atomic E-state index is 12.3. The van der Waals surface area contributed by atoms with Crippen LogP contribution in [0.15, 0.2) is 24.3 Å². The van der Waals surface area contributed by atoms with E-state index in [1.54, 1.807) is 17.7 Å². The van der Waals surface area contributed by atoms with Crippen molar-refractivity contribution in [3.63, 3.8) is 0 Å². The fraction of sp³-hybridized carbons (Fsp3) is 0.333.